The minimum Gasteiger partial charge on any atom is -0.477 e. The van der Waals surface area contributed by atoms with Crippen LogP contribution in [0.25, 0.3) is 22.2 Å². The van der Waals surface area contributed by atoms with Crippen molar-refractivity contribution in [2.75, 3.05) is 0 Å². The van der Waals surface area contributed by atoms with E-state index in [2.05, 4.69) is 15.2 Å². The zero-order chi connectivity index (χ0) is 13.6. The molecule has 0 spiro atoms. The molecule has 3 rings (SSSR count). The summed E-state index contributed by atoms with van der Waals surface area (Å²) in [6.45, 7) is 1.84. The number of nitrogens with zero attached hydrogens (tertiary/aromatic N) is 1. The van der Waals surface area contributed by atoms with Crippen molar-refractivity contribution in [2.45, 2.75) is 6.92 Å². The monoisotopic (exact) mass is 259 g/mol. The molecule has 0 fully saturated rings. The molecule has 0 aliphatic heterocycles. The highest BCUT2D eigenvalue weighted by atomic mass is 19.1. The van der Waals surface area contributed by atoms with Gasteiger partial charge in [-0.25, -0.2) is 9.18 Å². The summed E-state index contributed by atoms with van der Waals surface area (Å²) in [5.41, 5.74) is 2.04. The van der Waals surface area contributed by atoms with E-state index in [1.807, 2.05) is 6.92 Å². The number of carbonyl (C=O) groups is 1. The van der Waals surface area contributed by atoms with Crippen LogP contribution < -0.4 is 0 Å². The molecule has 0 radical (unpaired) electrons. The first-order valence-corrected chi connectivity index (χ1v) is 5.63. The second-order valence-corrected chi connectivity index (χ2v) is 4.31. The fourth-order valence-corrected chi connectivity index (χ4v) is 2.08. The van der Waals surface area contributed by atoms with E-state index in [0.29, 0.717) is 10.9 Å². The molecule has 19 heavy (non-hydrogen) atoms. The van der Waals surface area contributed by atoms with Gasteiger partial charge >= 0.3 is 5.97 Å². The lowest BCUT2D eigenvalue weighted by atomic mass is 10.1. The fourth-order valence-electron chi connectivity index (χ4n) is 2.08. The van der Waals surface area contributed by atoms with E-state index in [1.54, 1.807) is 18.2 Å². The number of carboxylic acids is 1. The summed E-state index contributed by atoms with van der Waals surface area (Å²) in [4.78, 5) is 13.8. The van der Waals surface area contributed by atoms with Crippen LogP contribution >= 0.6 is 0 Å². The number of benzene rings is 1. The maximum Gasteiger partial charge on any atom is 0.353 e. The van der Waals surface area contributed by atoms with Crippen molar-refractivity contribution >= 4 is 16.9 Å². The fraction of sp³-hybridized carbons (Fsp3) is 0.0769. The number of fused-ring (bicyclic) bond motifs is 1. The van der Waals surface area contributed by atoms with Crippen LogP contribution in [0.4, 0.5) is 4.39 Å². The highest BCUT2D eigenvalue weighted by Crippen LogP contribution is 2.28. The van der Waals surface area contributed by atoms with Crippen LogP contribution in [0.1, 0.15) is 16.2 Å². The lowest BCUT2D eigenvalue weighted by molar-refractivity contribution is 0.0690. The quantitative estimate of drug-likeness (QED) is 0.661. The number of aryl methyl sites for hydroxylation is 1. The first-order chi connectivity index (χ1) is 9.06. The van der Waals surface area contributed by atoms with Gasteiger partial charge in [0.25, 0.3) is 0 Å². The number of rotatable bonds is 2. The minimum absolute atomic E-state index is 0.0697. The van der Waals surface area contributed by atoms with Crippen LogP contribution in [0.3, 0.4) is 0 Å². The standard InChI is InChI=1S/C13H10FN3O2/c1-6-4-8-9(15-6)3-2-7(12(8)14)10-5-11(13(18)19)17-16-10/h2-5,15H,1H3,(H,16,17)(H,18,19). The number of aromatic carboxylic acids is 1. The first kappa shape index (κ1) is 11.5. The van der Waals surface area contributed by atoms with Crippen molar-refractivity contribution in [1.29, 1.82) is 0 Å². The number of hydrogen-bond donors (Lipinski definition) is 3. The predicted octanol–water partition coefficient (Wildman–Crippen LogP) is 2.70. The highest BCUT2D eigenvalue weighted by Gasteiger charge is 2.15. The molecule has 3 aromatic rings. The maximum atomic E-state index is 14.4. The molecule has 6 heteroatoms. The van der Waals surface area contributed by atoms with Crippen LogP contribution in [0.5, 0.6) is 0 Å². The van der Waals surface area contributed by atoms with Gasteiger partial charge in [-0.1, -0.05) is 0 Å². The summed E-state index contributed by atoms with van der Waals surface area (Å²) in [7, 11) is 0. The first-order valence-electron chi connectivity index (χ1n) is 5.63. The molecule has 0 amide bonds. The second-order valence-electron chi connectivity index (χ2n) is 4.31. The number of H-pyrrole nitrogens is 2. The third-order valence-electron chi connectivity index (χ3n) is 2.96. The lowest BCUT2D eigenvalue weighted by Crippen LogP contribution is -1.95. The van der Waals surface area contributed by atoms with Gasteiger partial charge in [0.15, 0.2) is 0 Å². The van der Waals surface area contributed by atoms with Crippen molar-refractivity contribution in [3.63, 3.8) is 0 Å². The molecule has 2 aromatic heterocycles. The predicted molar refractivity (Wildman–Crippen MR) is 67.5 cm³/mol. The zero-order valence-electron chi connectivity index (χ0n) is 9.99. The number of nitrogens with one attached hydrogen (secondary N) is 2. The Morgan fingerprint density at radius 2 is 2.16 bits per heavy atom. The Hall–Kier alpha value is -2.63. The Labute approximate surface area is 107 Å². The van der Waals surface area contributed by atoms with Gasteiger partial charge in [-0.15, -0.1) is 0 Å². The summed E-state index contributed by atoms with van der Waals surface area (Å²) >= 11 is 0. The maximum absolute atomic E-state index is 14.4. The van der Waals surface area contributed by atoms with Crippen molar-refractivity contribution in [3.05, 3.63) is 41.5 Å². The number of halogens is 1. The Bertz CT molecular complexity index is 788. The minimum atomic E-state index is -1.13. The molecular weight excluding hydrogens is 249 g/mol. The molecule has 0 atom stereocenters. The van der Waals surface area contributed by atoms with Crippen LogP contribution in [0, 0.1) is 12.7 Å². The van der Waals surface area contributed by atoms with Crippen LogP contribution in [-0.2, 0) is 0 Å². The highest BCUT2D eigenvalue weighted by molar-refractivity contribution is 5.89. The average Bonchev–Trinajstić information content (AvgIpc) is 2.95. The van der Waals surface area contributed by atoms with E-state index in [9.17, 15) is 9.18 Å². The van der Waals surface area contributed by atoms with Gasteiger partial charge in [0.05, 0.1) is 5.69 Å². The molecule has 2 heterocycles. The average molecular weight is 259 g/mol. The molecule has 3 N–H and O–H groups in total. The lowest BCUT2D eigenvalue weighted by Gasteiger charge is -2.00. The van der Waals surface area contributed by atoms with Gasteiger partial charge in [0.1, 0.15) is 11.5 Å². The third kappa shape index (κ3) is 1.77. The summed E-state index contributed by atoms with van der Waals surface area (Å²) in [5.74, 6) is -1.54. The van der Waals surface area contributed by atoms with Gasteiger partial charge in [-0.3, -0.25) is 5.10 Å². The van der Waals surface area contributed by atoms with Gasteiger partial charge in [-0.05, 0) is 31.2 Å². The summed E-state index contributed by atoms with van der Waals surface area (Å²) in [6, 6.07) is 6.34. The Morgan fingerprint density at radius 1 is 1.37 bits per heavy atom. The van der Waals surface area contributed by atoms with Crippen molar-refractivity contribution in [3.8, 4) is 11.3 Å². The largest absolute Gasteiger partial charge is 0.477 e. The molecule has 1 aromatic carbocycles. The molecule has 0 aliphatic carbocycles. The third-order valence-corrected chi connectivity index (χ3v) is 2.96. The smallest absolute Gasteiger partial charge is 0.353 e. The van der Waals surface area contributed by atoms with Crippen molar-refractivity contribution in [1.82, 2.24) is 15.2 Å². The zero-order valence-corrected chi connectivity index (χ0v) is 9.99. The SMILES string of the molecule is Cc1cc2c(F)c(-c3cc(C(=O)O)[nH]n3)ccc2[nH]1. The van der Waals surface area contributed by atoms with E-state index >= 15 is 0 Å². The number of aromatic nitrogens is 3. The van der Waals surface area contributed by atoms with E-state index in [4.69, 9.17) is 5.11 Å². The molecule has 0 aliphatic rings. The van der Waals surface area contributed by atoms with E-state index in [0.717, 1.165) is 5.69 Å². The summed E-state index contributed by atoms with van der Waals surface area (Å²) in [5, 5.41) is 15.5. The van der Waals surface area contributed by atoms with Gasteiger partial charge in [0, 0.05) is 22.2 Å². The van der Waals surface area contributed by atoms with Crippen LogP contribution in [0.15, 0.2) is 24.3 Å². The second kappa shape index (κ2) is 3.94. The topological polar surface area (TPSA) is 81.8 Å². The molecule has 5 nitrogen and oxygen atoms in total. The van der Waals surface area contributed by atoms with Crippen LogP contribution in [-0.4, -0.2) is 26.3 Å². The number of hydrogen-bond acceptors (Lipinski definition) is 2. The molecule has 96 valence electrons. The molecule has 0 unspecified atom stereocenters. The van der Waals surface area contributed by atoms with Gasteiger partial charge in [-0.2, -0.15) is 5.10 Å². The van der Waals surface area contributed by atoms with E-state index < -0.39 is 11.8 Å². The molecular formula is C13H10FN3O2. The van der Waals surface area contributed by atoms with Gasteiger partial charge < -0.3 is 10.1 Å². The van der Waals surface area contributed by atoms with Crippen LogP contribution in [0.2, 0.25) is 0 Å². The van der Waals surface area contributed by atoms with E-state index in [-0.39, 0.29) is 17.0 Å². The number of aromatic amines is 2. The van der Waals surface area contributed by atoms with Gasteiger partial charge in [0.2, 0.25) is 0 Å². The Morgan fingerprint density at radius 3 is 2.84 bits per heavy atom. The Balaban J connectivity index is 2.18. The molecule has 0 bridgehead atoms. The van der Waals surface area contributed by atoms with E-state index in [1.165, 1.54) is 6.07 Å². The normalized spacial score (nSPS) is 11.1. The van der Waals surface area contributed by atoms with Crippen molar-refractivity contribution < 1.29 is 14.3 Å². The molecule has 0 saturated heterocycles. The Kier molecular flexibility index (Phi) is 2.38. The van der Waals surface area contributed by atoms with Crippen molar-refractivity contribution in [2.24, 2.45) is 0 Å². The summed E-state index contributed by atoms with van der Waals surface area (Å²) in [6.07, 6.45) is 0. The number of carboxylic acid groups (broad SMARTS) is 1. The summed E-state index contributed by atoms with van der Waals surface area (Å²) < 4.78 is 14.4. The molecule has 0 saturated carbocycles.